The van der Waals surface area contributed by atoms with Crippen molar-refractivity contribution in [3.63, 3.8) is 0 Å². The van der Waals surface area contributed by atoms with Gasteiger partial charge in [-0.1, -0.05) is 24.3 Å². The Morgan fingerprint density at radius 1 is 0.870 bits per heavy atom. The van der Waals surface area contributed by atoms with E-state index in [4.69, 9.17) is 0 Å². The summed E-state index contributed by atoms with van der Waals surface area (Å²) in [5.74, 6) is 0. The first kappa shape index (κ1) is 16.2. The molecule has 2 aromatic heterocycles. The molecule has 120 valence electrons. The number of hydrogen-bond donors (Lipinski definition) is 1. The van der Waals surface area contributed by atoms with Gasteiger partial charge in [0.15, 0.2) is 0 Å². The molecule has 0 saturated carbocycles. The van der Waals surface area contributed by atoms with E-state index in [2.05, 4.69) is 4.72 Å². The van der Waals surface area contributed by atoms with Gasteiger partial charge in [-0.2, -0.15) is 0 Å². The monoisotopic (exact) mass is 385 g/mol. The van der Waals surface area contributed by atoms with Crippen molar-refractivity contribution in [2.24, 2.45) is 0 Å². The lowest BCUT2D eigenvalue weighted by atomic mass is 10.4. The first-order valence-corrected chi connectivity index (χ1v) is 11.1. The van der Waals surface area contributed by atoms with E-state index in [1.54, 1.807) is 29.6 Å². The molecule has 0 unspecified atom stereocenters. The van der Waals surface area contributed by atoms with Gasteiger partial charge in [-0.05, 0) is 23.6 Å². The van der Waals surface area contributed by atoms with Crippen molar-refractivity contribution in [3.8, 4) is 0 Å². The summed E-state index contributed by atoms with van der Waals surface area (Å²) >= 11 is 2.19. The lowest BCUT2D eigenvalue weighted by molar-refractivity contribution is 0.597. The molecule has 9 heteroatoms. The fourth-order valence-electron chi connectivity index (χ4n) is 1.91. The Hall–Kier alpha value is -1.68. The lowest BCUT2D eigenvalue weighted by Crippen LogP contribution is -2.13. The highest BCUT2D eigenvalue weighted by Crippen LogP contribution is 2.32. The maximum atomic E-state index is 12.7. The number of thiophene rings is 2. The highest BCUT2D eigenvalue weighted by molar-refractivity contribution is 7.95. The number of sulfone groups is 1. The molecule has 5 nitrogen and oxygen atoms in total. The Labute approximate surface area is 142 Å². The van der Waals surface area contributed by atoms with Crippen molar-refractivity contribution in [3.05, 3.63) is 58.6 Å². The zero-order valence-corrected chi connectivity index (χ0v) is 14.8. The summed E-state index contributed by atoms with van der Waals surface area (Å²) in [4.78, 5) is 0.0730. The first-order chi connectivity index (χ1) is 10.9. The summed E-state index contributed by atoms with van der Waals surface area (Å²) in [6.07, 6.45) is 0. The Morgan fingerprint density at radius 2 is 1.61 bits per heavy atom. The van der Waals surface area contributed by atoms with Gasteiger partial charge in [-0.3, -0.25) is 4.72 Å². The summed E-state index contributed by atoms with van der Waals surface area (Å²) in [6.45, 7) is 0. The van der Waals surface area contributed by atoms with Gasteiger partial charge in [-0.15, -0.1) is 22.7 Å². The molecule has 3 rings (SSSR count). The molecule has 1 aromatic carbocycles. The molecule has 2 heterocycles. The van der Waals surface area contributed by atoms with Crippen LogP contribution in [-0.4, -0.2) is 16.8 Å². The maximum Gasteiger partial charge on any atom is 0.271 e. The topological polar surface area (TPSA) is 80.3 Å². The Bertz CT molecular complexity index is 1000. The molecular weight excluding hydrogens is 374 g/mol. The SMILES string of the molecule is O=S(=O)(Nc1cscc1S(=O)(=O)c1ccccc1)c1cccs1. The summed E-state index contributed by atoms with van der Waals surface area (Å²) in [6, 6.07) is 11.0. The van der Waals surface area contributed by atoms with E-state index in [0.717, 1.165) is 22.7 Å². The van der Waals surface area contributed by atoms with Crippen LogP contribution in [0.2, 0.25) is 0 Å². The zero-order chi connectivity index (χ0) is 16.5. The smallest absolute Gasteiger partial charge is 0.271 e. The molecule has 0 bridgehead atoms. The van der Waals surface area contributed by atoms with Gasteiger partial charge < -0.3 is 0 Å². The van der Waals surface area contributed by atoms with Gasteiger partial charge in [0.25, 0.3) is 10.0 Å². The van der Waals surface area contributed by atoms with Crippen LogP contribution in [0.3, 0.4) is 0 Å². The third-order valence-electron chi connectivity index (χ3n) is 2.97. The second-order valence-corrected chi connectivity index (χ2v) is 10.0. The van der Waals surface area contributed by atoms with Crippen LogP contribution >= 0.6 is 22.7 Å². The van der Waals surface area contributed by atoms with Crippen molar-refractivity contribution in [2.45, 2.75) is 14.0 Å². The summed E-state index contributed by atoms with van der Waals surface area (Å²) in [7, 11) is -7.57. The molecule has 0 spiro atoms. The Kier molecular flexibility index (Phi) is 4.28. The number of benzene rings is 1. The predicted octanol–water partition coefficient (Wildman–Crippen LogP) is 3.44. The van der Waals surface area contributed by atoms with E-state index in [1.807, 2.05) is 0 Å². The second kappa shape index (κ2) is 6.08. The molecule has 1 N–H and O–H groups in total. The lowest BCUT2D eigenvalue weighted by Gasteiger charge is -2.08. The fourth-order valence-corrected chi connectivity index (χ4v) is 6.67. The summed E-state index contributed by atoms with van der Waals surface area (Å²) in [5, 5.41) is 4.54. The predicted molar refractivity (Wildman–Crippen MR) is 91.3 cm³/mol. The van der Waals surface area contributed by atoms with E-state index < -0.39 is 19.9 Å². The summed E-state index contributed by atoms with van der Waals surface area (Å²) in [5.41, 5.74) is 0.0623. The Morgan fingerprint density at radius 3 is 2.26 bits per heavy atom. The van der Waals surface area contributed by atoms with E-state index in [9.17, 15) is 16.8 Å². The van der Waals surface area contributed by atoms with E-state index in [0.29, 0.717) is 0 Å². The average molecular weight is 386 g/mol. The summed E-state index contributed by atoms with van der Waals surface area (Å²) < 4.78 is 52.4. The zero-order valence-electron chi connectivity index (χ0n) is 11.5. The van der Waals surface area contributed by atoms with Crippen molar-refractivity contribution >= 4 is 48.2 Å². The minimum Gasteiger partial charge on any atom is -0.277 e. The minimum atomic E-state index is -3.79. The number of nitrogens with one attached hydrogen (secondary N) is 1. The standard InChI is InChI=1S/C14H11NO4S4/c16-22(17,11-5-2-1-3-6-11)13-10-20-9-12(13)15-23(18,19)14-7-4-8-21-14/h1-10,15H. The number of hydrogen-bond acceptors (Lipinski definition) is 6. The van der Waals surface area contributed by atoms with Crippen LogP contribution in [0.1, 0.15) is 0 Å². The molecule has 0 amide bonds. The van der Waals surface area contributed by atoms with Crippen LogP contribution in [0.25, 0.3) is 0 Å². The van der Waals surface area contributed by atoms with Gasteiger partial charge >= 0.3 is 0 Å². The van der Waals surface area contributed by atoms with Crippen molar-refractivity contribution < 1.29 is 16.8 Å². The van der Waals surface area contributed by atoms with Gasteiger partial charge in [0, 0.05) is 10.8 Å². The van der Waals surface area contributed by atoms with Gasteiger partial charge in [0.1, 0.15) is 9.10 Å². The highest BCUT2D eigenvalue weighted by Gasteiger charge is 2.25. The van der Waals surface area contributed by atoms with Crippen molar-refractivity contribution in [1.82, 2.24) is 0 Å². The van der Waals surface area contributed by atoms with Crippen LogP contribution in [0.15, 0.2) is 72.6 Å². The highest BCUT2D eigenvalue weighted by atomic mass is 32.2. The number of rotatable bonds is 5. The second-order valence-electron chi connectivity index (χ2n) is 4.50. The number of anilines is 1. The van der Waals surface area contributed by atoms with Gasteiger partial charge in [-0.25, -0.2) is 16.8 Å². The quantitative estimate of drug-likeness (QED) is 0.729. The van der Waals surface area contributed by atoms with E-state index in [-0.39, 0.29) is 19.7 Å². The molecule has 23 heavy (non-hydrogen) atoms. The van der Waals surface area contributed by atoms with Crippen LogP contribution < -0.4 is 4.72 Å². The Balaban J connectivity index is 2.01. The van der Waals surface area contributed by atoms with Crippen molar-refractivity contribution in [1.29, 1.82) is 0 Å². The fraction of sp³-hybridized carbons (Fsp3) is 0. The third kappa shape index (κ3) is 3.18. The molecular formula is C14H11NO4S4. The molecule has 0 saturated heterocycles. The van der Waals surface area contributed by atoms with Gasteiger partial charge in [0.2, 0.25) is 9.84 Å². The number of sulfonamides is 1. The van der Waals surface area contributed by atoms with Crippen molar-refractivity contribution in [2.75, 3.05) is 4.72 Å². The van der Waals surface area contributed by atoms with Crippen LogP contribution in [0.4, 0.5) is 5.69 Å². The van der Waals surface area contributed by atoms with Crippen LogP contribution in [0, 0.1) is 0 Å². The van der Waals surface area contributed by atoms with Crippen LogP contribution in [0.5, 0.6) is 0 Å². The first-order valence-electron chi connectivity index (χ1n) is 6.34. The molecule has 0 aliphatic carbocycles. The average Bonchev–Trinajstić information content (AvgIpc) is 3.19. The largest absolute Gasteiger partial charge is 0.277 e. The molecule has 0 fully saturated rings. The molecule has 0 aliphatic rings. The van der Waals surface area contributed by atoms with E-state index in [1.165, 1.54) is 29.0 Å². The molecule has 0 atom stereocenters. The minimum absolute atomic E-state index is 0.0474. The maximum absolute atomic E-state index is 12.7. The molecule has 3 aromatic rings. The molecule has 0 radical (unpaired) electrons. The van der Waals surface area contributed by atoms with E-state index >= 15 is 0 Å². The molecule has 0 aliphatic heterocycles. The van der Waals surface area contributed by atoms with Gasteiger partial charge in [0.05, 0.1) is 10.6 Å². The normalized spacial score (nSPS) is 12.2. The van der Waals surface area contributed by atoms with Crippen LogP contribution in [-0.2, 0) is 19.9 Å². The third-order valence-corrected chi connectivity index (χ3v) is 8.44.